The molecule has 4 aromatic heterocycles. The van der Waals surface area contributed by atoms with Crippen molar-refractivity contribution in [2.24, 2.45) is 11.8 Å². The van der Waals surface area contributed by atoms with Crippen molar-refractivity contribution in [3.8, 4) is 11.4 Å². The molecular weight excluding hydrogens is 500 g/mol. The van der Waals surface area contributed by atoms with E-state index in [2.05, 4.69) is 15.3 Å². The fraction of sp³-hybridized carbons (Fsp3) is 0.444. The Bertz CT molecular complexity index is 1720. The van der Waals surface area contributed by atoms with Gasteiger partial charge in [-0.1, -0.05) is 30.3 Å². The molecule has 0 amide bonds. The highest BCUT2D eigenvalue weighted by Crippen LogP contribution is 2.64. The summed E-state index contributed by atoms with van der Waals surface area (Å²) in [4.78, 5) is 25.4. The molecule has 2 unspecified atom stereocenters. The summed E-state index contributed by atoms with van der Waals surface area (Å²) in [7, 11) is 1.40. The lowest BCUT2D eigenvalue weighted by Crippen LogP contribution is -2.59. The number of tetrazole rings is 1. The summed E-state index contributed by atoms with van der Waals surface area (Å²) in [5.74, 6) is 2.37. The van der Waals surface area contributed by atoms with E-state index in [0.717, 1.165) is 64.9 Å². The smallest absolute Gasteiger partial charge is 0.348 e. The van der Waals surface area contributed by atoms with Crippen molar-refractivity contribution in [3.63, 3.8) is 0 Å². The van der Waals surface area contributed by atoms with Gasteiger partial charge in [-0.25, -0.2) is 19.3 Å². The molecule has 0 N–H and O–H groups in total. The molecule has 4 fully saturated rings. The largest absolute Gasteiger partial charge is 0.465 e. The van der Waals surface area contributed by atoms with Gasteiger partial charge in [-0.3, -0.25) is 0 Å². The number of hydrogen-bond acceptors (Lipinski definition) is 9. The van der Waals surface area contributed by atoms with Crippen molar-refractivity contribution in [2.45, 2.75) is 56.4 Å². The second-order valence-electron chi connectivity index (χ2n) is 11.4. The van der Waals surface area contributed by atoms with Gasteiger partial charge in [0.2, 0.25) is 5.82 Å². The summed E-state index contributed by atoms with van der Waals surface area (Å²) in [5, 5.41) is 19.9. The standard InChI is InChI=1S/C27H26N8O2S/c1-15-19-22-29-25(32-34(22)14-28-23(19)38-20(15)24(36)37-2)26-9-16-8-17(10-26)12-27(11-16,13-26)35-31-21(30-33-35)18-6-4-3-5-7-18/h3-7,14,16-17H,8-13H2,1-2H3/t16-,17+,26?,27?. The lowest BCUT2D eigenvalue weighted by molar-refractivity contribution is -0.0784. The Hall–Kier alpha value is -3.73. The zero-order chi connectivity index (χ0) is 25.6. The Kier molecular flexibility index (Phi) is 4.49. The van der Waals surface area contributed by atoms with Crippen LogP contribution in [0.5, 0.6) is 0 Å². The number of carbonyl (C=O) groups is 1. The Morgan fingerprint density at radius 1 is 1.11 bits per heavy atom. The molecule has 4 saturated carbocycles. The molecule has 9 rings (SSSR count). The molecule has 4 aliphatic rings. The minimum atomic E-state index is -0.346. The van der Waals surface area contributed by atoms with Crippen molar-refractivity contribution >= 4 is 33.2 Å². The van der Waals surface area contributed by atoms with E-state index in [4.69, 9.17) is 19.9 Å². The number of benzene rings is 1. The molecule has 1 aromatic carbocycles. The first-order valence-corrected chi connectivity index (χ1v) is 13.9. The van der Waals surface area contributed by atoms with E-state index in [1.165, 1.54) is 24.9 Å². The molecule has 4 atom stereocenters. The van der Waals surface area contributed by atoms with Gasteiger partial charge < -0.3 is 4.74 Å². The molecule has 10 nitrogen and oxygen atoms in total. The summed E-state index contributed by atoms with van der Waals surface area (Å²) < 4.78 is 6.78. The number of rotatable bonds is 4. The minimum absolute atomic E-state index is 0.141. The molecule has 4 heterocycles. The third-order valence-corrected chi connectivity index (χ3v) is 10.2. The van der Waals surface area contributed by atoms with Crippen LogP contribution in [-0.4, -0.2) is 52.9 Å². The van der Waals surface area contributed by atoms with Crippen molar-refractivity contribution in [1.29, 1.82) is 0 Å². The third kappa shape index (κ3) is 3.02. The van der Waals surface area contributed by atoms with Crippen LogP contribution in [0.2, 0.25) is 0 Å². The Morgan fingerprint density at radius 3 is 2.66 bits per heavy atom. The number of carbonyl (C=O) groups excluding carboxylic acids is 1. The van der Waals surface area contributed by atoms with Crippen LogP contribution in [0.4, 0.5) is 0 Å². The van der Waals surface area contributed by atoms with E-state index in [1.54, 1.807) is 10.8 Å². The van der Waals surface area contributed by atoms with Gasteiger partial charge in [0.05, 0.1) is 18.0 Å². The van der Waals surface area contributed by atoms with Crippen molar-refractivity contribution in [1.82, 2.24) is 39.8 Å². The Morgan fingerprint density at radius 2 is 1.89 bits per heavy atom. The molecular formula is C27H26N8O2S. The van der Waals surface area contributed by atoms with Crippen LogP contribution < -0.4 is 0 Å². The van der Waals surface area contributed by atoms with Gasteiger partial charge in [0.1, 0.15) is 16.0 Å². The van der Waals surface area contributed by atoms with Crippen LogP contribution in [-0.2, 0) is 15.7 Å². The van der Waals surface area contributed by atoms with Gasteiger partial charge in [0, 0.05) is 11.0 Å². The van der Waals surface area contributed by atoms with Crippen LogP contribution in [0.3, 0.4) is 0 Å². The van der Waals surface area contributed by atoms with Gasteiger partial charge in [-0.2, -0.15) is 4.80 Å². The van der Waals surface area contributed by atoms with Crippen molar-refractivity contribution in [2.75, 3.05) is 7.11 Å². The van der Waals surface area contributed by atoms with Crippen LogP contribution in [0, 0.1) is 18.8 Å². The number of methoxy groups -OCH3 is 1. The number of ether oxygens (including phenoxy) is 1. The van der Waals surface area contributed by atoms with Crippen molar-refractivity contribution in [3.05, 3.63) is 52.9 Å². The number of thiophene rings is 1. The summed E-state index contributed by atoms with van der Waals surface area (Å²) in [6.07, 6.45) is 8.16. The molecule has 38 heavy (non-hydrogen) atoms. The number of nitrogens with zero attached hydrogens (tertiary/aromatic N) is 8. The maximum absolute atomic E-state index is 12.3. The second kappa shape index (κ2) is 7.66. The Labute approximate surface area is 222 Å². The zero-order valence-corrected chi connectivity index (χ0v) is 22.0. The fourth-order valence-electron chi connectivity index (χ4n) is 7.87. The van der Waals surface area contributed by atoms with Gasteiger partial charge in [-0.05, 0) is 68.1 Å². The van der Waals surface area contributed by atoms with E-state index < -0.39 is 0 Å². The second-order valence-corrected chi connectivity index (χ2v) is 12.4. The van der Waals surface area contributed by atoms with Crippen molar-refractivity contribution < 1.29 is 9.53 Å². The predicted molar refractivity (Wildman–Crippen MR) is 140 cm³/mol. The van der Waals surface area contributed by atoms with Crippen LogP contribution in [0.15, 0.2) is 36.7 Å². The fourth-order valence-corrected chi connectivity index (χ4v) is 8.94. The number of aryl methyl sites for hydroxylation is 1. The summed E-state index contributed by atoms with van der Waals surface area (Å²) in [5.41, 5.74) is 2.26. The quantitative estimate of drug-likeness (QED) is 0.318. The highest BCUT2D eigenvalue weighted by atomic mass is 32.1. The molecule has 0 radical (unpaired) electrons. The summed E-state index contributed by atoms with van der Waals surface area (Å²) in [6, 6.07) is 10.0. The van der Waals surface area contributed by atoms with E-state index in [0.29, 0.717) is 22.5 Å². The first kappa shape index (κ1) is 22.3. The van der Waals surface area contributed by atoms with Gasteiger partial charge in [0.25, 0.3) is 0 Å². The van der Waals surface area contributed by atoms with E-state index in [-0.39, 0.29) is 16.9 Å². The normalized spacial score (nSPS) is 27.9. The molecule has 4 aliphatic carbocycles. The maximum atomic E-state index is 12.3. The average molecular weight is 527 g/mol. The zero-order valence-electron chi connectivity index (χ0n) is 21.2. The lowest BCUT2D eigenvalue weighted by Gasteiger charge is -2.60. The van der Waals surface area contributed by atoms with Crippen LogP contribution in [0.25, 0.3) is 27.3 Å². The van der Waals surface area contributed by atoms with Gasteiger partial charge >= 0.3 is 5.97 Å². The van der Waals surface area contributed by atoms with E-state index >= 15 is 0 Å². The average Bonchev–Trinajstić information content (AvgIpc) is 3.66. The molecule has 5 aromatic rings. The van der Waals surface area contributed by atoms with Gasteiger partial charge in [0.15, 0.2) is 11.5 Å². The predicted octanol–water partition coefficient (Wildman–Crippen LogP) is 4.33. The summed E-state index contributed by atoms with van der Waals surface area (Å²) in [6.45, 7) is 1.93. The monoisotopic (exact) mass is 526 g/mol. The van der Waals surface area contributed by atoms with Gasteiger partial charge in [-0.15, -0.1) is 26.6 Å². The molecule has 192 valence electrons. The Balaban J connectivity index is 1.23. The highest BCUT2D eigenvalue weighted by molar-refractivity contribution is 7.20. The number of hydrogen-bond donors (Lipinski definition) is 0. The molecule has 0 spiro atoms. The van der Waals surface area contributed by atoms with Crippen LogP contribution in [0.1, 0.15) is 59.6 Å². The minimum Gasteiger partial charge on any atom is -0.465 e. The number of fused-ring (bicyclic) bond motifs is 3. The summed E-state index contributed by atoms with van der Waals surface area (Å²) >= 11 is 1.34. The highest BCUT2D eigenvalue weighted by Gasteiger charge is 2.61. The number of aromatic nitrogens is 8. The number of esters is 1. The first-order chi connectivity index (χ1) is 18.5. The molecule has 11 heteroatoms. The van der Waals surface area contributed by atoms with E-state index in [1.807, 2.05) is 42.1 Å². The third-order valence-electron chi connectivity index (χ3n) is 9.01. The lowest BCUT2D eigenvalue weighted by atomic mass is 9.46. The topological polar surface area (TPSA) is 113 Å². The maximum Gasteiger partial charge on any atom is 0.348 e. The van der Waals surface area contributed by atoms with Crippen LogP contribution >= 0.6 is 11.3 Å². The van der Waals surface area contributed by atoms with E-state index in [9.17, 15) is 4.79 Å². The molecule has 0 saturated heterocycles. The molecule has 4 bridgehead atoms. The SMILES string of the molecule is COC(=O)c1sc2ncn3nc(C45C[C@H]6C[C@@H](C4)CC(n4nnc(-c7ccccc7)n4)(C6)C5)nc3c2c1C. The first-order valence-electron chi connectivity index (χ1n) is 13.1. The molecule has 0 aliphatic heterocycles.